The lowest BCUT2D eigenvalue weighted by Crippen LogP contribution is -2.53. The summed E-state index contributed by atoms with van der Waals surface area (Å²) < 4.78 is 45.1. The van der Waals surface area contributed by atoms with Crippen LogP contribution in [0.3, 0.4) is 0 Å². The number of hydrazine groups is 1. The smallest absolute Gasteiger partial charge is 0.508 e. The highest BCUT2D eigenvalue weighted by atomic mass is 19.4. The number of imide groups is 2. The Labute approximate surface area is 312 Å². The Hall–Kier alpha value is -5.93. The minimum absolute atomic E-state index is 0.00109. The molecular weight excluding hydrogens is 718 g/mol. The highest BCUT2D eigenvalue weighted by molar-refractivity contribution is 6.58. The van der Waals surface area contributed by atoms with Gasteiger partial charge in [-0.2, -0.15) is 5.01 Å². The molecule has 0 aromatic heterocycles. The van der Waals surface area contributed by atoms with Crippen molar-refractivity contribution in [1.82, 2.24) is 5.01 Å². The number of amides is 4. The van der Waals surface area contributed by atoms with E-state index in [2.05, 4.69) is 10.2 Å². The lowest BCUT2D eigenvalue weighted by molar-refractivity contribution is -0.274. The Bertz CT molecular complexity index is 2270. The van der Waals surface area contributed by atoms with Gasteiger partial charge < -0.3 is 19.9 Å². The zero-order valence-corrected chi connectivity index (χ0v) is 29.1. The molecule has 0 bridgehead atoms. The summed E-state index contributed by atoms with van der Waals surface area (Å²) in [6, 6.07) is 23.9. The molecule has 2 aliphatic carbocycles. The third kappa shape index (κ3) is 5.76. The highest BCUT2D eigenvalue weighted by Gasteiger charge is 2.70. The van der Waals surface area contributed by atoms with E-state index in [1.807, 2.05) is 6.92 Å². The summed E-state index contributed by atoms with van der Waals surface area (Å²) in [6.07, 6.45) is -3.50. The number of allylic oxidation sites excluding steroid dienone is 2. The Morgan fingerprint density at radius 2 is 1.58 bits per heavy atom. The van der Waals surface area contributed by atoms with Crippen LogP contribution in [0.15, 0.2) is 109 Å². The molecule has 1 saturated carbocycles. The molecule has 4 aliphatic rings. The molecule has 0 spiro atoms. The number of carbonyl (C=O) groups is 4. The topological polar surface area (TPSA) is 157 Å². The summed E-state index contributed by atoms with van der Waals surface area (Å²) in [4.78, 5) is 59.6. The van der Waals surface area contributed by atoms with Crippen LogP contribution in [0.5, 0.6) is 11.5 Å². The maximum Gasteiger partial charge on any atom is 0.573 e. The van der Waals surface area contributed by atoms with Crippen LogP contribution in [-0.4, -0.2) is 57.3 Å². The quantitative estimate of drug-likeness (QED) is 0.122. The number of fused-ring (bicyclic) bond motifs is 4. The van der Waals surface area contributed by atoms with Crippen molar-refractivity contribution in [2.24, 2.45) is 23.7 Å². The number of aromatic hydroxyl groups is 1. The standard InChI is InChI=1S/C40H33BF3N3O8/c1-21-10-12-24(13-11-21)45-47-36(50)31-20-29-27(15-16-28-33(29)37(51)46(35(28)49)25-9-5-8-23(18-25)41(53)54)34(39(31,38(47)52)22-6-3-2-4-7-22)30-19-26(14-17-32(30)48)55-40(42,43)44/h2-15,17-19,28-29,31,33-34,45,48,53-54H,16,20H2,1H3. The molecule has 15 heteroatoms. The molecule has 6 atom stereocenters. The number of alkyl halides is 3. The molecule has 4 amide bonds. The van der Waals surface area contributed by atoms with Crippen molar-refractivity contribution >= 4 is 47.6 Å². The predicted molar refractivity (Wildman–Crippen MR) is 192 cm³/mol. The van der Waals surface area contributed by atoms with Crippen LogP contribution in [0.2, 0.25) is 0 Å². The summed E-state index contributed by atoms with van der Waals surface area (Å²) in [5.74, 6) is -9.12. The number of hydrogen-bond donors (Lipinski definition) is 4. The first-order valence-corrected chi connectivity index (χ1v) is 17.6. The molecule has 4 N–H and O–H groups in total. The van der Waals surface area contributed by atoms with Crippen LogP contribution < -0.4 is 20.5 Å². The van der Waals surface area contributed by atoms with Crippen molar-refractivity contribution in [2.75, 3.05) is 10.3 Å². The monoisotopic (exact) mass is 751 g/mol. The van der Waals surface area contributed by atoms with Gasteiger partial charge in [0.2, 0.25) is 11.8 Å². The Kier molecular flexibility index (Phi) is 8.61. The lowest BCUT2D eigenvalue weighted by Gasteiger charge is -2.50. The molecule has 8 rings (SSSR count). The zero-order valence-electron chi connectivity index (χ0n) is 29.1. The van der Waals surface area contributed by atoms with Gasteiger partial charge >= 0.3 is 13.5 Å². The second kappa shape index (κ2) is 13.1. The number of hydrogen-bond acceptors (Lipinski definition) is 9. The lowest BCUT2D eigenvalue weighted by atomic mass is 9.49. The summed E-state index contributed by atoms with van der Waals surface area (Å²) in [7, 11) is -1.87. The maximum absolute atomic E-state index is 15.2. The molecule has 6 unspecified atom stereocenters. The number of phenolic OH excluding ortho intramolecular Hbond substituents is 1. The van der Waals surface area contributed by atoms with Crippen molar-refractivity contribution in [3.63, 3.8) is 0 Å². The second-order valence-electron chi connectivity index (χ2n) is 14.3. The normalized spacial score (nSPS) is 26.0. The molecule has 11 nitrogen and oxygen atoms in total. The highest BCUT2D eigenvalue weighted by Crippen LogP contribution is 2.65. The van der Waals surface area contributed by atoms with E-state index in [9.17, 15) is 42.7 Å². The zero-order chi connectivity index (χ0) is 39.0. The van der Waals surface area contributed by atoms with Crippen molar-refractivity contribution in [3.05, 3.63) is 125 Å². The molecule has 2 heterocycles. The number of rotatable bonds is 7. The fraction of sp³-hybridized carbons (Fsp3) is 0.250. The number of nitrogens with one attached hydrogen (secondary N) is 1. The van der Waals surface area contributed by atoms with Gasteiger partial charge in [-0.1, -0.05) is 71.8 Å². The van der Waals surface area contributed by atoms with Gasteiger partial charge in [-0.05, 0) is 79.2 Å². The van der Waals surface area contributed by atoms with Crippen LogP contribution >= 0.6 is 0 Å². The van der Waals surface area contributed by atoms with Gasteiger partial charge in [-0.3, -0.25) is 29.5 Å². The van der Waals surface area contributed by atoms with Crippen LogP contribution in [0.1, 0.15) is 35.4 Å². The van der Waals surface area contributed by atoms with Gasteiger partial charge in [0.05, 0.1) is 34.5 Å². The SMILES string of the molecule is Cc1ccc(NN2C(=O)C3CC4C(=CCC5C(=O)N(c6cccc(B(O)O)c6)C(=O)C54)C(c4cc(OC(F)(F)F)ccc4O)C3(c3ccccc3)C2=O)cc1. The van der Waals surface area contributed by atoms with E-state index in [0.717, 1.165) is 33.7 Å². The van der Waals surface area contributed by atoms with E-state index < -0.39 is 83.6 Å². The summed E-state index contributed by atoms with van der Waals surface area (Å²) in [5, 5.41) is 32.0. The number of anilines is 2. The maximum atomic E-state index is 15.2. The largest absolute Gasteiger partial charge is 0.573 e. The summed E-state index contributed by atoms with van der Waals surface area (Å²) in [5.41, 5.74) is 3.20. The predicted octanol–water partition coefficient (Wildman–Crippen LogP) is 4.47. The fourth-order valence-electron chi connectivity index (χ4n) is 9.13. The minimum atomic E-state index is -5.10. The van der Waals surface area contributed by atoms with Gasteiger partial charge in [0.1, 0.15) is 11.5 Å². The van der Waals surface area contributed by atoms with E-state index in [0.29, 0.717) is 16.8 Å². The molecule has 2 aliphatic heterocycles. The van der Waals surface area contributed by atoms with Crippen LogP contribution in [0.4, 0.5) is 24.5 Å². The fourth-order valence-corrected chi connectivity index (χ4v) is 9.13. The van der Waals surface area contributed by atoms with Gasteiger partial charge in [0.15, 0.2) is 0 Å². The van der Waals surface area contributed by atoms with E-state index in [1.165, 1.54) is 24.3 Å². The van der Waals surface area contributed by atoms with Gasteiger partial charge in [0.25, 0.3) is 11.8 Å². The van der Waals surface area contributed by atoms with Crippen LogP contribution in [-0.2, 0) is 24.6 Å². The third-order valence-electron chi connectivity index (χ3n) is 11.4. The molecule has 0 radical (unpaired) electrons. The first-order valence-electron chi connectivity index (χ1n) is 17.6. The Balaban J connectivity index is 1.33. The number of benzene rings is 4. The second-order valence-corrected chi connectivity index (χ2v) is 14.3. The van der Waals surface area contributed by atoms with Crippen LogP contribution in [0.25, 0.3) is 0 Å². The molecule has 55 heavy (non-hydrogen) atoms. The Morgan fingerprint density at radius 3 is 2.27 bits per heavy atom. The first-order chi connectivity index (χ1) is 26.2. The average molecular weight is 752 g/mol. The third-order valence-corrected chi connectivity index (χ3v) is 11.4. The molecule has 280 valence electrons. The number of nitrogens with zero attached hydrogens (tertiary/aromatic N) is 2. The minimum Gasteiger partial charge on any atom is -0.508 e. The van der Waals surface area contributed by atoms with E-state index in [4.69, 9.17) is 0 Å². The summed E-state index contributed by atoms with van der Waals surface area (Å²) in [6.45, 7) is 1.87. The number of aryl methyl sites for hydroxylation is 1. The van der Waals surface area contributed by atoms with Gasteiger partial charge in [-0.25, -0.2) is 0 Å². The number of ether oxygens (including phenoxy) is 1. The van der Waals surface area contributed by atoms with Crippen molar-refractivity contribution in [3.8, 4) is 11.5 Å². The molecule has 4 aromatic carbocycles. The van der Waals surface area contributed by atoms with Crippen LogP contribution in [0, 0.1) is 30.6 Å². The van der Waals surface area contributed by atoms with E-state index in [-0.39, 0.29) is 29.6 Å². The first kappa shape index (κ1) is 36.1. The van der Waals surface area contributed by atoms with E-state index in [1.54, 1.807) is 60.7 Å². The van der Waals surface area contributed by atoms with E-state index >= 15 is 4.79 Å². The summed E-state index contributed by atoms with van der Waals surface area (Å²) >= 11 is 0. The number of halogens is 3. The number of carbonyl (C=O) groups excluding carboxylic acids is 4. The molecule has 3 fully saturated rings. The molecule has 2 saturated heterocycles. The molecular formula is C40H33BF3N3O8. The van der Waals surface area contributed by atoms with Gasteiger partial charge in [-0.15, -0.1) is 13.2 Å². The van der Waals surface area contributed by atoms with Crippen molar-refractivity contribution in [1.29, 1.82) is 0 Å². The molecule has 4 aromatic rings. The van der Waals surface area contributed by atoms with Crippen molar-refractivity contribution in [2.45, 2.75) is 37.5 Å². The average Bonchev–Trinajstić information content (AvgIpc) is 3.54. The number of phenols is 1. The van der Waals surface area contributed by atoms with Crippen molar-refractivity contribution < 1.29 is 52.2 Å². The van der Waals surface area contributed by atoms with Gasteiger partial charge in [0, 0.05) is 11.5 Å². The Morgan fingerprint density at radius 1 is 0.855 bits per heavy atom.